The summed E-state index contributed by atoms with van der Waals surface area (Å²) in [7, 11) is 3.21. The lowest BCUT2D eigenvalue weighted by atomic mass is 10.1. The van der Waals surface area contributed by atoms with Crippen molar-refractivity contribution in [2.45, 2.75) is 33.7 Å². The lowest BCUT2D eigenvalue weighted by Gasteiger charge is -2.13. The summed E-state index contributed by atoms with van der Waals surface area (Å²) >= 11 is 0. The van der Waals surface area contributed by atoms with Crippen molar-refractivity contribution in [2.75, 3.05) is 26.1 Å². The lowest BCUT2D eigenvalue weighted by molar-refractivity contribution is -0.116. The van der Waals surface area contributed by atoms with Gasteiger partial charge in [-0.25, -0.2) is 4.68 Å². The van der Waals surface area contributed by atoms with Gasteiger partial charge in [-0.3, -0.25) is 4.79 Å². The number of methoxy groups -OCH3 is 2. The number of ether oxygens (including phenoxy) is 3. The zero-order valence-electron chi connectivity index (χ0n) is 18.7. The molecule has 3 aromatic rings. The third kappa shape index (κ3) is 5.78. The first kappa shape index (κ1) is 22.2. The summed E-state index contributed by atoms with van der Waals surface area (Å²) in [6.07, 6.45) is 1.98. The van der Waals surface area contributed by atoms with Crippen LogP contribution in [0.5, 0.6) is 17.2 Å². The third-order valence-corrected chi connectivity index (χ3v) is 4.85. The molecule has 0 bridgehead atoms. The molecular weight excluding hydrogens is 394 g/mol. The summed E-state index contributed by atoms with van der Waals surface area (Å²) in [5, 5.41) is 7.37. The summed E-state index contributed by atoms with van der Waals surface area (Å²) in [5.41, 5.74) is 4.14. The molecule has 1 N–H and O–H groups in total. The number of nitrogens with one attached hydrogen (secondary N) is 1. The van der Waals surface area contributed by atoms with Crippen LogP contribution in [-0.4, -0.2) is 36.5 Å². The highest BCUT2D eigenvalue weighted by Gasteiger charge is 2.13. The number of carbonyl (C=O) groups is 1. The highest BCUT2D eigenvalue weighted by atomic mass is 16.5. The Labute approximate surface area is 182 Å². The molecule has 7 nitrogen and oxygen atoms in total. The lowest BCUT2D eigenvalue weighted by Crippen LogP contribution is -2.19. The van der Waals surface area contributed by atoms with E-state index in [-0.39, 0.29) is 12.3 Å². The molecule has 164 valence electrons. The third-order valence-electron chi connectivity index (χ3n) is 4.85. The van der Waals surface area contributed by atoms with Gasteiger partial charge >= 0.3 is 0 Å². The molecule has 0 atom stereocenters. The van der Waals surface area contributed by atoms with Crippen molar-refractivity contribution in [1.29, 1.82) is 0 Å². The predicted octanol–water partition coefficient (Wildman–Crippen LogP) is 4.28. The van der Waals surface area contributed by atoms with Crippen LogP contribution in [0.4, 0.5) is 5.82 Å². The Kier molecular flexibility index (Phi) is 7.18. The second-order valence-electron chi connectivity index (χ2n) is 7.49. The maximum Gasteiger partial charge on any atom is 0.228 e. The Morgan fingerprint density at radius 2 is 1.71 bits per heavy atom. The number of rotatable bonds is 9. The standard InChI is InChI=1S/C24H29N3O4/c1-16-10-17(2)12-20(11-16)31-9-8-23(28)26-24-18(3)14-25-27(24)15-19-6-7-21(29-4)22(13-19)30-5/h6-7,10-14H,8-9,15H2,1-5H3,(H,26,28). The smallest absolute Gasteiger partial charge is 0.228 e. The van der Waals surface area contributed by atoms with E-state index in [2.05, 4.69) is 16.5 Å². The van der Waals surface area contributed by atoms with Crippen LogP contribution in [0.15, 0.2) is 42.6 Å². The normalized spacial score (nSPS) is 10.6. The Morgan fingerprint density at radius 3 is 2.39 bits per heavy atom. The maximum atomic E-state index is 12.5. The monoisotopic (exact) mass is 423 g/mol. The summed E-state index contributed by atoms with van der Waals surface area (Å²) in [5.74, 6) is 2.64. The number of nitrogens with zero attached hydrogens (tertiary/aromatic N) is 2. The largest absolute Gasteiger partial charge is 0.493 e. The minimum atomic E-state index is -0.124. The van der Waals surface area contributed by atoms with Crippen LogP contribution >= 0.6 is 0 Å². The molecule has 0 aliphatic carbocycles. The molecule has 31 heavy (non-hydrogen) atoms. The first-order valence-corrected chi connectivity index (χ1v) is 10.1. The van der Waals surface area contributed by atoms with Gasteiger partial charge < -0.3 is 19.5 Å². The number of anilines is 1. The fourth-order valence-electron chi connectivity index (χ4n) is 3.39. The van der Waals surface area contributed by atoms with Crippen LogP contribution < -0.4 is 19.5 Å². The van der Waals surface area contributed by atoms with E-state index in [0.717, 1.165) is 28.0 Å². The first-order valence-electron chi connectivity index (χ1n) is 10.1. The van der Waals surface area contributed by atoms with Crippen LogP contribution in [0.2, 0.25) is 0 Å². The van der Waals surface area contributed by atoms with Gasteiger partial charge in [0.15, 0.2) is 11.5 Å². The molecule has 0 saturated carbocycles. The minimum Gasteiger partial charge on any atom is -0.493 e. The Bertz CT molecular complexity index is 1040. The zero-order valence-corrected chi connectivity index (χ0v) is 18.7. The van der Waals surface area contributed by atoms with Gasteiger partial charge in [-0.2, -0.15) is 5.10 Å². The number of benzene rings is 2. The Balaban J connectivity index is 1.62. The molecule has 1 heterocycles. The van der Waals surface area contributed by atoms with E-state index in [1.54, 1.807) is 25.1 Å². The summed E-state index contributed by atoms with van der Waals surface area (Å²) in [4.78, 5) is 12.5. The van der Waals surface area contributed by atoms with Crippen molar-refractivity contribution >= 4 is 11.7 Å². The average molecular weight is 424 g/mol. The molecule has 1 amide bonds. The van der Waals surface area contributed by atoms with E-state index >= 15 is 0 Å². The van der Waals surface area contributed by atoms with Crippen molar-refractivity contribution in [2.24, 2.45) is 0 Å². The van der Waals surface area contributed by atoms with Crippen LogP contribution in [0.25, 0.3) is 0 Å². The highest BCUT2D eigenvalue weighted by Crippen LogP contribution is 2.28. The van der Waals surface area contributed by atoms with E-state index in [1.165, 1.54) is 0 Å². The molecule has 0 aliphatic heterocycles. The van der Waals surface area contributed by atoms with Crippen molar-refractivity contribution in [1.82, 2.24) is 9.78 Å². The van der Waals surface area contributed by atoms with Gasteiger partial charge in [0.1, 0.15) is 11.6 Å². The van der Waals surface area contributed by atoms with Gasteiger partial charge in [0.05, 0.1) is 40.0 Å². The number of hydrogen-bond acceptors (Lipinski definition) is 5. The zero-order chi connectivity index (χ0) is 22.4. The van der Waals surface area contributed by atoms with Gasteiger partial charge in [0, 0.05) is 5.56 Å². The second kappa shape index (κ2) is 10.0. The Morgan fingerprint density at radius 1 is 1.00 bits per heavy atom. The fraction of sp³-hybridized carbons (Fsp3) is 0.333. The van der Waals surface area contributed by atoms with Gasteiger partial charge in [-0.15, -0.1) is 0 Å². The molecule has 0 radical (unpaired) electrons. The van der Waals surface area contributed by atoms with Crippen LogP contribution in [-0.2, 0) is 11.3 Å². The first-order chi connectivity index (χ1) is 14.9. The van der Waals surface area contributed by atoms with Crippen LogP contribution in [0.1, 0.15) is 28.7 Å². The van der Waals surface area contributed by atoms with Gasteiger partial charge in [-0.05, 0) is 61.7 Å². The van der Waals surface area contributed by atoms with E-state index in [9.17, 15) is 4.79 Å². The van der Waals surface area contributed by atoms with Gasteiger partial charge in [0.25, 0.3) is 0 Å². The topological polar surface area (TPSA) is 74.6 Å². The number of hydrogen-bond donors (Lipinski definition) is 1. The van der Waals surface area contributed by atoms with Crippen molar-refractivity contribution in [3.63, 3.8) is 0 Å². The van der Waals surface area contributed by atoms with E-state index < -0.39 is 0 Å². The SMILES string of the molecule is COc1ccc(Cn2ncc(C)c2NC(=O)CCOc2cc(C)cc(C)c2)cc1OC. The van der Waals surface area contributed by atoms with E-state index in [1.807, 2.05) is 51.1 Å². The average Bonchev–Trinajstić information content (AvgIpc) is 3.06. The second-order valence-corrected chi connectivity index (χ2v) is 7.49. The quantitative estimate of drug-likeness (QED) is 0.556. The molecule has 0 aliphatic rings. The van der Waals surface area contributed by atoms with Crippen molar-refractivity contribution in [3.05, 3.63) is 64.8 Å². The highest BCUT2D eigenvalue weighted by molar-refractivity contribution is 5.90. The molecule has 0 fully saturated rings. The molecular formula is C24H29N3O4. The Hall–Kier alpha value is -3.48. The molecule has 0 saturated heterocycles. The summed E-state index contributed by atoms with van der Waals surface area (Å²) < 4.78 is 18.2. The van der Waals surface area contributed by atoms with Crippen molar-refractivity contribution < 1.29 is 19.0 Å². The molecule has 3 rings (SSSR count). The van der Waals surface area contributed by atoms with Gasteiger partial charge in [0.2, 0.25) is 5.91 Å². The summed E-state index contributed by atoms with van der Waals surface area (Å²) in [6, 6.07) is 11.7. The van der Waals surface area contributed by atoms with E-state index in [4.69, 9.17) is 14.2 Å². The van der Waals surface area contributed by atoms with Crippen LogP contribution in [0.3, 0.4) is 0 Å². The number of amides is 1. The number of aromatic nitrogens is 2. The predicted molar refractivity (Wildman–Crippen MR) is 120 cm³/mol. The number of aryl methyl sites for hydroxylation is 3. The molecule has 2 aromatic carbocycles. The van der Waals surface area contributed by atoms with Gasteiger partial charge in [-0.1, -0.05) is 12.1 Å². The molecule has 0 spiro atoms. The summed E-state index contributed by atoms with van der Waals surface area (Å²) in [6.45, 7) is 6.75. The van der Waals surface area contributed by atoms with Crippen LogP contribution in [0, 0.1) is 20.8 Å². The molecule has 0 unspecified atom stereocenters. The maximum absolute atomic E-state index is 12.5. The fourth-order valence-corrected chi connectivity index (χ4v) is 3.39. The van der Waals surface area contributed by atoms with Crippen molar-refractivity contribution in [3.8, 4) is 17.2 Å². The molecule has 7 heteroatoms. The van der Waals surface area contributed by atoms with E-state index in [0.29, 0.717) is 30.5 Å². The minimum absolute atomic E-state index is 0.124. The molecule has 1 aromatic heterocycles. The number of carbonyl (C=O) groups excluding carboxylic acids is 1.